The van der Waals surface area contributed by atoms with Crippen LogP contribution in [0.25, 0.3) is 0 Å². The van der Waals surface area contributed by atoms with Crippen molar-refractivity contribution in [2.24, 2.45) is 11.7 Å². The van der Waals surface area contributed by atoms with Crippen LogP contribution in [0.5, 0.6) is 11.5 Å². The first-order chi connectivity index (χ1) is 11.5. The van der Waals surface area contributed by atoms with Gasteiger partial charge >= 0.3 is 6.03 Å². The van der Waals surface area contributed by atoms with Crippen LogP contribution in [-0.4, -0.2) is 50.7 Å². The van der Waals surface area contributed by atoms with Crippen molar-refractivity contribution in [1.29, 1.82) is 0 Å². The molecule has 2 rings (SSSR count). The summed E-state index contributed by atoms with van der Waals surface area (Å²) in [4.78, 5) is 25.0. The predicted octanol–water partition coefficient (Wildman–Crippen LogP) is 1.15. The highest BCUT2D eigenvalue weighted by molar-refractivity contribution is 5.80. The van der Waals surface area contributed by atoms with E-state index in [-0.39, 0.29) is 11.8 Å². The Morgan fingerprint density at radius 2 is 1.92 bits per heavy atom. The second-order valence-corrected chi connectivity index (χ2v) is 5.89. The first-order valence-electron chi connectivity index (χ1n) is 8.07. The van der Waals surface area contributed by atoms with E-state index < -0.39 is 6.03 Å². The number of hydrogen-bond acceptors (Lipinski definition) is 4. The van der Waals surface area contributed by atoms with E-state index in [9.17, 15) is 9.59 Å². The van der Waals surface area contributed by atoms with Gasteiger partial charge in [-0.2, -0.15) is 0 Å². The zero-order chi connectivity index (χ0) is 17.5. The van der Waals surface area contributed by atoms with Gasteiger partial charge in [-0.25, -0.2) is 4.79 Å². The van der Waals surface area contributed by atoms with E-state index in [1.54, 1.807) is 14.2 Å². The lowest BCUT2D eigenvalue weighted by atomic mass is 9.97. The molecular weight excluding hydrogens is 310 g/mol. The van der Waals surface area contributed by atoms with Gasteiger partial charge in [-0.15, -0.1) is 0 Å². The zero-order valence-corrected chi connectivity index (χ0v) is 14.2. The van der Waals surface area contributed by atoms with Gasteiger partial charge in [0.25, 0.3) is 0 Å². The number of carbonyl (C=O) groups excluding carboxylic acids is 2. The number of piperidine rings is 1. The normalized spacial score (nSPS) is 17.2. The van der Waals surface area contributed by atoms with Gasteiger partial charge in [0.1, 0.15) is 11.5 Å². The number of benzene rings is 1. The Hall–Kier alpha value is -2.44. The summed E-state index contributed by atoms with van der Waals surface area (Å²) in [5.74, 6) is 1.22. The number of nitrogens with two attached hydrogens (primary N) is 1. The number of carbonyl (C=O) groups is 2. The smallest absolute Gasteiger partial charge is 0.314 e. The molecule has 132 valence electrons. The molecule has 24 heavy (non-hydrogen) atoms. The quantitative estimate of drug-likeness (QED) is 0.815. The van der Waals surface area contributed by atoms with Crippen molar-refractivity contribution >= 4 is 11.9 Å². The molecule has 1 fully saturated rings. The van der Waals surface area contributed by atoms with E-state index in [0.717, 1.165) is 29.9 Å². The van der Waals surface area contributed by atoms with E-state index in [0.29, 0.717) is 26.1 Å². The van der Waals surface area contributed by atoms with Crippen LogP contribution in [0.15, 0.2) is 18.2 Å². The molecule has 3 N–H and O–H groups in total. The number of ether oxygens (including phenoxy) is 2. The van der Waals surface area contributed by atoms with Crippen LogP contribution >= 0.6 is 0 Å². The van der Waals surface area contributed by atoms with E-state index in [1.165, 1.54) is 4.90 Å². The van der Waals surface area contributed by atoms with E-state index in [1.807, 2.05) is 18.2 Å². The largest absolute Gasteiger partial charge is 0.497 e. The molecule has 0 radical (unpaired) electrons. The molecule has 3 amide bonds. The molecule has 0 aliphatic carbocycles. The molecule has 1 saturated heterocycles. The summed E-state index contributed by atoms with van der Waals surface area (Å²) in [5.41, 5.74) is 6.31. The van der Waals surface area contributed by atoms with Crippen LogP contribution in [0.3, 0.4) is 0 Å². The van der Waals surface area contributed by atoms with E-state index in [4.69, 9.17) is 15.2 Å². The zero-order valence-electron chi connectivity index (χ0n) is 14.2. The Labute approximate surface area is 142 Å². The van der Waals surface area contributed by atoms with Gasteiger partial charge in [0.15, 0.2) is 0 Å². The molecule has 1 aliphatic rings. The molecule has 1 unspecified atom stereocenters. The van der Waals surface area contributed by atoms with Crippen molar-refractivity contribution in [3.8, 4) is 11.5 Å². The number of hydrogen-bond donors (Lipinski definition) is 2. The maximum atomic E-state index is 12.3. The number of amides is 3. The predicted molar refractivity (Wildman–Crippen MR) is 90.1 cm³/mol. The van der Waals surface area contributed by atoms with Crippen LogP contribution in [0.4, 0.5) is 4.79 Å². The minimum absolute atomic E-state index is 0.0317. The molecule has 1 atom stereocenters. The molecular formula is C17H25N3O4. The number of methoxy groups -OCH3 is 2. The Morgan fingerprint density at radius 3 is 2.50 bits per heavy atom. The fourth-order valence-electron chi connectivity index (χ4n) is 2.88. The lowest BCUT2D eigenvalue weighted by molar-refractivity contribution is -0.126. The third-order valence-electron chi connectivity index (χ3n) is 4.23. The van der Waals surface area contributed by atoms with Crippen molar-refractivity contribution in [2.45, 2.75) is 19.3 Å². The van der Waals surface area contributed by atoms with Crippen LogP contribution < -0.4 is 20.5 Å². The Balaban J connectivity index is 1.85. The molecule has 1 aliphatic heterocycles. The summed E-state index contributed by atoms with van der Waals surface area (Å²) in [6.45, 7) is 1.54. The van der Waals surface area contributed by atoms with E-state index >= 15 is 0 Å². The van der Waals surface area contributed by atoms with Crippen molar-refractivity contribution in [3.05, 3.63) is 23.8 Å². The summed E-state index contributed by atoms with van der Waals surface area (Å²) in [6, 6.07) is 5.19. The molecule has 7 nitrogen and oxygen atoms in total. The number of likely N-dealkylation sites (tertiary alicyclic amines) is 1. The molecule has 0 aromatic heterocycles. The number of nitrogens with zero attached hydrogens (tertiary/aromatic N) is 1. The van der Waals surface area contributed by atoms with Crippen LogP contribution in [-0.2, 0) is 11.2 Å². The summed E-state index contributed by atoms with van der Waals surface area (Å²) in [6.07, 6.45) is 2.25. The number of nitrogens with one attached hydrogen (secondary N) is 1. The average Bonchev–Trinajstić information content (AvgIpc) is 2.61. The second kappa shape index (κ2) is 8.42. The molecule has 7 heteroatoms. The summed E-state index contributed by atoms with van der Waals surface area (Å²) in [7, 11) is 3.21. The fourth-order valence-corrected chi connectivity index (χ4v) is 2.88. The van der Waals surface area contributed by atoms with Gasteiger partial charge < -0.3 is 25.4 Å². The fraction of sp³-hybridized carbons (Fsp3) is 0.529. The molecule has 1 heterocycles. The Bertz CT molecular complexity index is 569. The van der Waals surface area contributed by atoms with Crippen molar-refractivity contribution in [1.82, 2.24) is 10.2 Å². The maximum absolute atomic E-state index is 12.3. The average molecular weight is 335 g/mol. The third-order valence-corrected chi connectivity index (χ3v) is 4.23. The third kappa shape index (κ3) is 4.78. The Morgan fingerprint density at radius 1 is 1.25 bits per heavy atom. The number of rotatable bonds is 6. The monoisotopic (exact) mass is 335 g/mol. The topological polar surface area (TPSA) is 93.9 Å². The van der Waals surface area contributed by atoms with Crippen LogP contribution in [0, 0.1) is 5.92 Å². The van der Waals surface area contributed by atoms with Gasteiger partial charge in [-0.3, -0.25) is 4.79 Å². The summed E-state index contributed by atoms with van der Waals surface area (Å²) >= 11 is 0. The second-order valence-electron chi connectivity index (χ2n) is 5.89. The highest BCUT2D eigenvalue weighted by Crippen LogP contribution is 2.22. The number of urea groups is 1. The number of primary amides is 1. The molecule has 0 bridgehead atoms. The van der Waals surface area contributed by atoms with Crippen molar-refractivity contribution < 1.29 is 19.1 Å². The molecule has 1 aromatic rings. The highest BCUT2D eigenvalue weighted by atomic mass is 16.5. The minimum Gasteiger partial charge on any atom is -0.497 e. The van der Waals surface area contributed by atoms with Gasteiger partial charge in [0.05, 0.1) is 20.1 Å². The van der Waals surface area contributed by atoms with E-state index in [2.05, 4.69) is 5.32 Å². The minimum atomic E-state index is -0.462. The van der Waals surface area contributed by atoms with Gasteiger partial charge in [0.2, 0.25) is 5.91 Å². The van der Waals surface area contributed by atoms with Crippen LogP contribution in [0.1, 0.15) is 18.4 Å². The van der Waals surface area contributed by atoms with Gasteiger partial charge in [0, 0.05) is 25.7 Å². The molecule has 0 spiro atoms. The van der Waals surface area contributed by atoms with Crippen molar-refractivity contribution in [3.63, 3.8) is 0 Å². The van der Waals surface area contributed by atoms with Gasteiger partial charge in [-0.05, 0) is 37.0 Å². The lowest BCUT2D eigenvalue weighted by Gasteiger charge is -2.30. The highest BCUT2D eigenvalue weighted by Gasteiger charge is 2.27. The van der Waals surface area contributed by atoms with Gasteiger partial charge in [-0.1, -0.05) is 0 Å². The molecule has 0 saturated carbocycles. The molecule has 1 aromatic carbocycles. The first kappa shape index (κ1) is 17.9. The lowest BCUT2D eigenvalue weighted by Crippen LogP contribution is -2.47. The standard InChI is InChI=1S/C17H25N3O4/c1-23-14-8-12(9-15(10-14)24-2)5-6-19-16(21)13-4-3-7-20(11-13)17(18)22/h8-10,13H,3-7,11H2,1-2H3,(H2,18,22)(H,19,21). The SMILES string of the molecule is COc1cc(CCNC(=O)C2CCCN(C(N)=O)C2)cc(OC)c1. The Kier molecular flexibility index (Phi) is 6.28. The first-order valence-corrected chi connectivity index (χ1v) is 8.07. The summed E-state index contributed by atoms with van der Waals surface area (Å²) in [5, 5.41) is 2.94. The summed E-state index contributed by atoms with van der Waals surface area (Å²) < 4.78 is 10.5. The van der Waals surface area contributed by atoms with Crippen LogP contribution in [0.2, 0.25) is 0 Å². The van der Waals surface area contributed by atoms with Crippen molar-refractivity contribution in [2.75, 3.05) is 33.9 Å². The maximum Gasteiger partial charge on any atom is 0.314 e.